The third-order valence-corrected chi connectivity index (χ3v) is 6.54. The molecule has 0 bridgehead atoms. The molecule has 162 valence electrons. The van der Waals surface area contributed by atoms with Gasteiger partial charge in [-0.2, -0.15) is 0 Å². The molecule has 1 fully saturated rings. The summed E-state index contributed by atoms with van der Waals surface area (Å²) in [5.41, 5.74) is 2.51. The average Bonchev–Trinajstić information content (AvgIpc) is 3.33. The van der Waals surface area contributed by atoms with Crippen LogP contribution in [0.3, 0.4) is 0 Å². The van der Waals surface area contributed by atoms with Crippen LogP contribution in [0.4, 0.5) is 0 Å². The van der Waals surface area contributed by atoms with Gasteiger partial charge < -0.3 is 14.1 Å². The molecule has 0 radical (unpaired) electrons. The number of imidazole rings is 1. The summed E-state index contributed by atoms with van der Waals surface area (Å²) in [6.45, 7) is 0. The van der Waals surface area contributed by atoms with E-state index >= 15 is 0 Å². The molecule has 0 spiro atoms. The third-order valence-electron chi connectivity index (χ3n) is 6.31. The molecule has 6 rings (SSSR count). The summed E-state index contributed by atoms with van der Waals surface area (Å²) in [6, 6.07) is 5.38. The standard InChI is InChI=1S/C23H20ClN5O3/c1-28-20(21-25-14-7-2-3-8-16(14)29(21)13-5-4-6-13)27-18(19(30)23(28)31)22-26-15-10-9-12(24)11-17(15)32-22/h3,8-11,13,30H,2,4-7H2,1H3. The van der Waals surface area contributed by atoms with Crippen LogP contribution < -0.4 is 5.56 Å². The van der Waals surface area contributed by atoms with Crippen molar-refractivity contribution in [2.45, 2.75) is 38.1 Å². The normalized spacial score (nSPS) is 15.8. The molecule has 9 heteroatoms. The zero-order chi connectivity index (χ0) is 22.0. The van der Waals surface area contributed by atoms with Gasteiger partial charge in [-0.15, -0.1) is 0 Å². The van der Waals surface area contributed by atoms with Gasteiger partial charge in [-0.1, -0.05) is 17.7 Å². The van der Waals surface area contributed by atoms with Crippen molar-refractivity contribution < 1.29 is 9.52 Å². The molecule has 1 saturated carbocycles. The minimum absolute atomic E-state index is 0.00732. The first-order valence-corrected chi connectivity index (χ1v) is 11.0. The molecule has 3 heterocycles. The van der Waals surface area contributed by atoms with Gasteiger partial charge in [-0.05, 0) is 50.3 Å². The van der Waals surface area contributed by atoms with E-state index in [1.807, 2.05) is 0 Å². The SMILES string of the molecule is Cn1c(-c2nc3c(n2C2CCC2)C=CCC3)nc(-c2nc3ccc(Cl)cc3o2)c(O)c1=O. The third kappa shape index (κ3) is 2.82. The fraction of sp³-hybridized carbons (Fsp3) is 0.304. The first kappa shape index (κ1) is 19.3. The van der Waals surface area contributed by atoms with E-state index in [0.29, 0.717) is 33.8 Å². The highest BCUT2D eigenvalue weighted by atomic mass is 35.5. The quantitative estimate of drug-likeness (QED) is 0.494. The second-order valence-corrected chi connectivity index (χ2v) is 8.73. The first-order chi connectivity index (χ1) is 15.5. The summed E-state index contributed by atoms with van der Waals surface area (Å²) in [5, 5.41) is 11.1. The Morgan fingerprint density at radius 3 is 2.81 bits per heavy atom. The van der Waals surface area contributed by atoms with Gasteiger partial charge in [0.15, 0.2) is 22.9 Å². The van der Waals surface area contributed by atoms with Crippen molar-refractivity contribution in [3.63, 3.8) is 0 Å². The predicted octanol–water partition coefficient (Wildman–Crippen LogP) is 4.50. The number of fused-ring (bicyclic) bond motifs is 2. The average molecular weight is 450 g/mol. The number of halogens is 1. The molecule has 0 atom stereocenters. The first-order valence-electron chi connectivity index (χ1n) is 10.7. The van der Waals surface area contributed by atoms with Crippen LogP contribution in [0.1, 0.15) is 43.1 Å². The summed E-state index contributed by atoms with van der Waals surface area (Å²) in [7, 11) is 1.59. The Balaban J connectivity index is 1.58. The van der Waals surface area contributed by atoms with Gasteiger partial charge in [-0.25, -0.2) is 15.0 Å². The van der Waals surface area contributed by atoms with Crippen LogP contribution in [-0.4, -0.2) is 29.2 Å². The number of benzene rings is 1. The van der Waals surface area contributed by atoms with E-state index in [0.717, 1.165) is 37.1 Å². The van der Waals surface area contributed by atoms with Crippen LogP contribution in [0.25, 0.3) is 40.4 Å². The van der Waals surface area contributed by atoms with E-state index in [1.165, 1.54) is 11.0 Å². The Labute approximate surface area is 187 Å². The second kappa shape index (κ2) is 7.06. The molecule has 1 aromatic carbocycles. The Kier molecular flexibility index (Phi) is 4.26. The Bertz CT molecular complexity index is 1480. The minimum Gasteiger partial charge on any atom is -0.501 e. The van der Waals surface area contributed by atoms with Gasteiger partial charge in [0.1, 0.15) is 5.52 Å². The summed E-state index contributed by atoms with van der Waals surface area (Å²) < 4.78 is 9.32. The lowest BCUT2D eigenvalue weighted by Crippen LogP contribution is -2.24. The number of aromatic nitrogens is 5. The van der Waals surface area contributed by atoms with Crippen LogP contribution in [-0.2, 0) is 13.5 Å². The number of aromatic hydroxyl groups is 1. The predicted molar refractivity (Wildman–Crippen MR) is 121 cm³/mol. The van der Waals surface area contributed by atoms with Gasteiger partial charge in [0.25, 0.3) is 5.56 Å². The maximum absolute atomic E-state index is 13.0. The number of aryl methyl sites for hydroxylation is 1. The number of rotatable bonds is 3. The van der Waals surface area contributed by atoms with Gasteiger partial charge in [-0.3, -0.25) is 9.36 Å². The molecule has 0 unspecified atom stereocenters. The monoisotopic (exact) mass is 449 g/mol. The minimum atomic E-state index is -0.582. The Morgan fingerprint density at radius 1 is 1.19 bits per heavy atom. The number of nitrogens with zero attached hydrogens (tertiary/aromatic N) is 5. The van der Waals surface area contributed by atoms with Gasteiger partial charge in [0.05, 0.1) is 11.4 Å². The smallest absolute Gasteiger partial charge is 0.296 e. The van der Waals surface area contributed by atoms with Crippen molar-refractivity contribution in [1.82, 2.24) is 24.1 Å². The van der Waals surface area contributed by atoms with E-state index in [9.17, 15) is 9.90 Å². The number of hydrogen-bond donors (Lipinski definition) is 1. The van der Waals surface area contributed by atoms with Crippen LogP contribution in [0.5, 0.6) is 5.75 Å². The molecular formula is C23H20ClN5O3. The van der Waals surface area contributed by atoms with Gasteiger partial charge in [0, 0.05) is 24.2 Å². The molecule has 1 N–H and O–H groups in total. The summed E-state index contributed by atoms with van der Waals surface area (Å²) in [4.78, 5) is 26.9. The molecule has 4 aromatic rings. The molecule has 0 saturated heterocycles. The van der Waals surface area contributed by atoms with Crippen molar-refractivity contribution in [3.8, 4) is 29.0 Å². The van der Waals surface area contributed by atoms with Crippen molar-refractivity contribution in [2.75, 3.05) is 0 Å². The Morgan fingerprint density at radius 2 is 2.03 bits per heavy atom. The summed E-state index contributed by atoms with van der Waals surface area (Å²) >= 11 is 6.05. The maximum Gasteiger partial charge on any atom is 0.296 e. The maximum atomic E-state index is 13.0. The summed E-state index contributed by atoms with van der Waals surface area (Å²) in [5.74, 6) is 0.550. The topological polar surface area (TPSA) is 99.0 Å². The molecule has 3 aromatic heterocycles. The van der Waals surface area contributed by atoms with E-state index < -0.39 is 11.3 Å². The summed E-state index contributed by atoms with van der Waals surface area (Å²) in [6.07, 6.45) is 9.34. The van der Waals surface area contributed by atoms with Crippen molar-refractivity contribution >= 4 is 28.8 Å². The van der Waals surface area contributed by atoms with Gasteiger partial charge in [0.2, 0.25) is 11.6 Å². The molecule has 2 aliphatic carbocycles. The van der Waals surface area contributed by atoms with Crippen LogP contribution in [0, 0.1) is 0 Å². The lowest BCUT2D eigenvalue weighted by Gasteiger charge is -2.30. The van der Waals surface area contributed by atoms with E-state index in [-0.39, 0.29) is 11.6 Å². The van der Waals surface area contributed by atoms with E-state index in [1.54, 1.807) is 25.2 Å². The zero-order valence-corrected chi connectivity index (χ0v) is 18.1. The molecule has 2 aliphatic rings. The fourth-order valence-electron chi connectivity index (χ4n) is 4.38. The van der Waals surface area contributed by atoms with Crippen LogP contribution >= 0.6 is 11.6 Å². The Hall–Kier alpha value is -3.39. The van der Waals surface area contributed by atoms with E-state index in [2.05, 4.69) is 26.7 Å². The van der Waals surface area contributed by atoms with Crippen LogP contribution in [0.15, 0.2) is 33.5 Å². The van der Waals surface area contributed by atoms with Gasteiger partial charge >= 0.3 is 0 Å². The highest BCUT2D eigenvalue weighted by Crippen LogP contribution is 2.39. The zero-order valence-electron chi connectivity index (χ0n) is 17.4. The molecule has 0 amide bonds. The largest absolute Gasteiger partial charge is 0.501 e. The van der Waals surface area contributed by atoms with Crippen LogP contribution in [0.2, 0.25) is 5.02 Å². The highest BCUT2D eigenvalue weighted by Gasteiger charge is 2.31. The highest BCUT2D eigenvalue weighted by molar-refractivity contribution is 6.31. The number of allylic oxidation sites excluding steroid dienone is 1. The van der Waals surface area contributed by atoms with Crippen molar-refractivity contribution in [2.24, 2.45) is 7.05 Å². The molecule has 8 nitrogen and oxygen atoms in total. The van der Waals surface area contributed by atoms with Crippen molar-refractivity contribution in [3.05, 3.63) is 51.0 Å². The molecule has 32 heavy (non-hydrogen) atoms. The molecular weight excluding hydrogens is 430 g/mol. The number of hydrogen-bond acceptors (Lipinski definition) is 6. The second-order valence-electron chi connectivity index (χ2n) is 8.29. The lowest BCUT2D eigenvalue weighted by atomic mass is 9.92. The van der Waals surface area contributed by atoms with E-state index in [4.69, 9.17) is 21.0 Å². The number of oxazole rings is 1. The fourth-order valence-corrected chi connectivity index (χ4v) is 4.54. The molecule has 0 aliphatic heterocycles. The van der Waals surface area contributed by atoms with Crippen molar-refractivity contribution in [1.29, 1.82) is 0 Å². The lowest BCUT2D eigenvalue weighted by molar-refractivity contribution is 0.314.